The molecule has 1 atom stereocenters. The predicted molar refractivity (Wildman–Crippen MR) is 63.5 cm³/mol. The lowest BCUT2D eigenvalue weighted by molar-refractivity contribution is -0.145. The zero-order valence-corrected chi connectivity index (χ0v) is 10.1. The van der Waals surface area contributed by atoms with Crippen LogP contribution in [0.4, 0.5) is 0 Å². The molecular weight excluding hydrogens is 202 g/mol. The van der Waals surface area contributed by atoms with Gasteiger partial charge in [-0.25, -0.2) is 0 Å². The molecule has 0 spiro atoms. The minimum absolute atomic E-state index is 0.00442. The molecule has 0 radical (unpaired) electrons. The Bertz CT molecular complexity index is 341. The van der Waals surface area contributed by atoms with Crippen molar-refractivity contribution in [3.8, 4) is 0 Å². The van der Waals surface area contributed by atoms with Crippen LogP contribution in [0.5, 0.6) is 0 Å². The van der Waals surface area contributed by atoms with Crippen molar-refractivity contribution in [3.05, 3.63) is 35.9 Å². The van der Waals surface area contributed by atoms with E-state index in [9.17, 15) is 4.79 Å². The summed E-state index contributed by atoms with van der Waals surface area (Å²) >= 11 is 0. The largest absolute Gasteiger partial charge is 0.373 e. The van der Waals surface area contributed by atoms with Gasteiger partial charge < -0.3 is 4.84 Å². The van der Waals surface area contributed by atoms with Crippen molar-refractivity contribution in [2.45, 2.75) is 33.1 Å². The molecular formula is C13H19NO2. The molecule has 0 aliphatic carbocycles. The van der Waals surface area contributed by atoms with Crippen molar-refractivity contribution < 1.29 is 9.63 Å². The van der Waals surface area contributed by atoms with E-state index in [0.717, 1.165) is 5.56 Å². The maximum absolute atomic E-state index is 11.3. The van der Waals surface area contributed by atoms with Gasteiger partial charge in [0.15, 0.2) is 0 Å². The maximum Gasteiger partial charge on any atom is 0.325 e. The summed E-state index contributed by atoms with van der Waals surface area (Å²) in [6.45, 7) is 6.32. The van der Waals surface area contributed by atoms with E-state index < -0.39 is 0 Å². The molecule has 0 aromatic heterocycles. The molecule has 0 bridgehead atoms. The van der Waals surface area contributed by atoms with Gasteiger partial charge in [0.2, 0.25) is 0 Å². The van der Waals surface area contributed by atoms with Crippen LogP contribution in [0, 0.1) is 5.41 Å². The molecule has 0 saturated carbocycles. The van der Waals surface area contributed by atoms with Crippen molar-refractivity contribution in [1.29, 1.82) is 0 Å². The van der Waals surface area contributed by atoms with E-state index in [1.165, 1.54) is 0 Å². The Kier molecular flexibility index (Phi) is 4.07. The minimum Gasteiger partial charge on any atom is -0.373 e. The summed E-state index contributed by atoms with van der Waals surface area (Å²) in [5, 5.41) is 0. The summed E-state index contributed by atoms with van der Waals surface area (Å²) in [4.78, 5) is 15.6. The zero-order chi connectivity index (χ0) is 12.2. The number of hydrogen-bond donors (Lipinski definition) is 1. The highest BCUT2D eigenvalue weighted by molar-refractivity contribution is 5.70. The topological polar surface area (TPSA) is 52.3 Å². The first-order valence-corrected chi connectivity index (χ1v) is 5.39. The highest BCUT2D eigenvalue weighted by Crippen LogP contribution is 2.37. The molecule has 1 aromatic carbocycles. The summed E-state index contributed by atoms with van der Waals surface area (Å²) in [5.41, 5.74) is 1.13. The smallest absolute Gasteiger partial charge is 0.325 e. The van der Waals surface area contributed by atoms with E-state index in [2.05, 4.69) is 25.6 Å². The molecule has 0 saturated heterocycles. The van der Waals surface area contributed by atoms with Gasteiger partial charge in [0.25, 0.3) is 0 Å². The van der Waals surface area contributed by atoms with Crippen molar-refractivity contribution in [3.63, 3.8) is 0 Å². The van der Waals surface area contributed by atoms with Gasteiger partial charge in [0, 0.05) is 0 Å². The van der Waals surface area contributed by atoms with Crippen LogP contribution >= 0.6 is 0 Å². The predicted octanol–water partition coefficient (Wildman–Crippen LogP) is 2.62. The van der Waals surface area contributed by atoms with Crippen LogP contribution in [0.15, 0.2) is 30.3 Å². The standard InChI is InChI=1S/C13H19NO2/c1-13(2,3)11(9-12(15)16-14)10-7-5-4-6-8-10/h4-8,11H,9,14H2,1-3H3. The van der Waals surface area contributed by atoms with Crippen molar-refractivity contribution in [2.75, 3.05) is 0 Å². The molecule has 0 aliphatic rings. The highest BCUT2D eigenvalue weighted by Gasteiger charge is 2.28. The molecule has 0 heterocycles. The van der Waals surface area contributed by atoms with Gasteiger partial charge in [0.1, 0.15) is 0 Å². The molecule has 0 fully saturated rings. The third kappa shape index (κ3) is 3.35. The van der Waals surface area contributed by atoms with Crippen LogP contribution in [0.25, 0.3) is 0 Å². The van der Waals surface area contributed by atoms with E-state index in [4.69, 9.17) is 5.90 Å². The number of rotatable bonds is 3. The number of carbonyl (C=O) groups is 1. The van der Waals surface area contributed by atoms with E-state index in [1.54, 1.807) is 0 Å². The second kappa shape index (κ2) is 5.12. The zero-order valence-electron chi connectivity index (χ0n) is 10.1. The van der Waals surface area contributed by atoms with Crippen LogP contribution in [0.1, 0.15) is 38.7 Å². The summed E-state index contributed by atoms with van der Waals surface area (Å²) in [6.07, 6.45) is 0.310. The Morgan fingerprint density at radius 1 is 1.31 bits per heavy atom. The Labute approximate surface area is 96.6 Å². The van der Waals surface area contributed by atoms with Crippen LogP contribution in [0.2, 0.25) is 0 Å². The fraction of sp³-hybridized carbons (Fsp3) is 0.462. The van der Waals surface area contributed by atoms with Gasteiger partial charge in [-0.15, -0.1) is 0 Å². The van der Waals surface area contributed by atoms with E-state index in [0.29, 0.717) is 6.42 Å². The van der Waals surface area contributed by atoms with E-state index in [-0.39, 0.29) is 17.3 Å². The Hall–Kier alpha value is -1.35. The number of nitrogens with two attached hydrogens (primary N) is 1. The molecule has 1 rings (SSSR count). The second-order valence-corrected chi connectivity index (χ2v) is 5.02. The van der Waals surface area contributed by atoms with Gasteiger partial charge in [-0.1, -0.05) is 51.1 Å². The third-order valence-corrected chi connectivity index (χ3v) is 2.75. The first-order valence-electron chi connectivity index (χ1n) is 5.39. The molecule has 2 N–H and O–H groups in total. The molecule has 16 heavy (non-hydrogen) atoms. The average molecular weight is 221 g/mol. The fourth-order valence-corrected chi connectivity index (χ4v) is 1.82. The van der Waals surface area contributed by atoms with E-state index in [1.807, 2.05) is 30.3 Å². The third-order valence-electron chi connectivity index (χ3n) is 2.75. The Balaban J connectivity index is 2.93. The lowest BCUT2D eigenvalue weighted by atomic mass is 9.75. The number of carbonyl (C=O) groups excluding carboxylic acids is 1. The summed E-state index contributed by atoms with van der Waals surface area (Å²) in [5.74, 6) is 4.64. The highest BCUT2D eigenvalue weighted by atomic mass is 16.7. The van der Waals surface area contributed by atoms with Gasteiger partial charge in [-0.2, -0.15) is 5.90 Å². The summed E-state index contributed by atoms with van der Waals surface area (Å²) < 4.78 is 0. The molecule has 3 heteroatoms. The Morgan fingerprint density at radius 2 is 1.88 bits per heavy atom. The van der Waals surface area contributed by atoms with Crippen LogP contribution < -0.4 is 5.90 Å². The van der Waals surface area contributed by atoms with Gasteiger partial charge in [0.05, 0.1) is 6.42 Å². The molecule has 0 amide bonds. The first kappa shape index (κ1) is 12.7. The van der Waals surface area contributed by atoms with Gasteiger partial charge >= 0.3 is 5.97 Å². The van der Waals surface area contributed by atoms with Crippen molar-refractivity contribution in [1.82, 2.24) is 0 Å². The van der Waals surface area contributed by atoms with Crippen LogP contribution in [-0.2, 0) is 9.63 Å². The van der Waals surface area contributed by atoms with E-state index >= 15 is 0 Å². The second-order valence-electron chi connectivity index (χ2n) is 5.02. The van der Waals surface area contributed by atoms with Crippen LogP contribution in [0.3, 0.4) is 0 Å². The molecule has 88 valence electrons. The quantitative estimate of drug-likeness (QED) is 0.798. The SMILES string of the molecule is CC(C)(C)C(CC(=O)ON)c1ccccc1. The summed E-state index contributed by atoms with van der Waals surface area (Å²) in [7, 11) is 0. The van der Waals surface area contributed by atoms with Gasteiger partial charge in [-0.3, -0.25) is 4.79 Å². The molecule has 1 aromatic rings. The van der Waals surface area contributed by atoms with Crippen LogP contribution in [-0.4, -0.2) is 5.97 Å². The Morgan fingerprint density at radius 3 is 2.31 bits per heavy atom. The molecule has 1 unspecified atom stereocenters. The normalized spacial score (nSPS) is 13.2. The van der Waals surface area contributed by atoms with Crippen molar-refractivity contribution in [2.24, 2.45) is 11.3 Å². The monoisotopic (exact) mass is 221 g/mol. The first-order chi connectivity index (χ1) is 7.45. The number of hydrogen-bond acceptors (Lipinski definition) is 3. The minimum atomic E-state index is -0.372. The summed E-state index contributed by atoms with van der Waals surface area (Å²) in [6, 6.07) is 9.97. The fourth-order valence-electron chi connectivity index (χ4n) is 1.82. The number of benzene rings is 1. The lowest BCUT2D eigenvalue weighted by Crippen LogP contribution is -2.23. The molecule has 0 aliphatic heterocycles. The maximum atomic E-state index is 11.3. The van der Waals surface area contributed by atoms with Crippen molar-refractivity contribution >= 4 is 5.97 Å². The van der Waals surface area contributed by atoms with Gasteiger partial charge in [-0.05, 0) is 16.9 Å². The lowest BCUT2D eigenvalue weighted by Gasteiger charge is -2.30. The average Bonchev–Trinajstić information content (AvgIpc) is 2.25. The molecule has 3 nitrogen and oxygen atoms in total.